The molecule has 0 saturated heterocycles. The van der Waals surface area contributed by atoms with Gasteiger partial charge in [0.25, 0.3) is 0 Å². The third-order valence-electron chi connectivity index (χ3n) is 11.5. The predicted octanol–water partition coefficient (Wildman–Crippen LogP) is 8.04. The van der Waals surface area contributed by atoms with Gasteiger partial charge in [-0.1, -0.05) is 66.7 Å². The van der Waals surface area contributed by atoms with E-state index in [1.54, 1.807) is 0 Å². The second kappa shape index (κ2) is 8.72. The lowest BCUT2D eigenvalue weighted by Gasteiger charge is -2.64. The Labute approximate surface area is 189 Å². The average molecular weight is 416 g/mol. The van der Waals surface area contributed by atoms with Crippen LogP contribution in [-0.2, 0) is 0 Å². The SMILES string of the molecule is CC(C)CCC[C@@H](C)[C@H]1CC[C@H]2[C@@H]3C(N(C)C)CC4CCCC[C@]4(C)[C@H]3CC[C@]12C. The van der Waals surface area contributed by atoms with Crippen LogP contribution >= 0.6 is 0 Å². The van der Waals surface area contributed by atoms with E-state index in [9.17, 15) is 0 Å². The molecule has 30 heavy (non-hydrogen) atoms. The van der Waals surface area contributed by atoms with Crippen LogP contribution in [0.25, 0.3) is 0 Å². The maximum atomic E-state index is 2.76. The van der Waals surface area contributed by atoms with Gasteiger partial charge in [-0.15, -0.1) is 0 Å². The highest BCUT2D eigenvalue weighted by Gasteiger charge is 2.62. The molecule has 0 heterocycles. The van der Waals surface area contributed by atoms with Crippen LogP contribution in [0.2, 0.25) is 0 Å². The van der Waals surface area contributed by atoms with Crippen LogP contribution < -0.4 is 0 Å². The molecule has 0 aromatic rings. The molecule has 0 aliphatic heterocycles. The zero-order chi connectivity index (χ0) is 21.7. The maximum Gasteiger partial charge on any atom is 0.0126 e. The molecule has 1 heteroatoms. The second-order valence-corrected chi connectivity index (χ2v) is 13.5. The van der Waals surface area contributed by atoms with Gasteiger partial charge in [-0.05, 0) is 111 Å². The van der Waals surface area contributed by atoms with Gasteiger partial charge in [0.2, 0.25) is 0 Å². The van der Waals surface area contributed by atoms with Crippen molar-refractivity contribution in [3.8, 4) is 0 Å². The molecule has 174 valence electrons. The van der Waals surface area contributed by atoms with Crippen molar-refractivity contribution in [1.29, 1.82) is 0 Å². The molecule has 4 fully saturated rings. The van der Waals surface area contributed by atoms with E-state index in [0.29, 0.717) is 10.8 Å². The van der Waals surface area contributed by atoms with E-state index in [-0.39, 0.29) is 0 Å². The van der Waals surface area contributed by atoms with Crippen LogP contribution in [0, 0.1) is 52.3 Å². The normalized spacial score (nSPS) is 47.1. The van der Waals surface area contributed by atoms with Gasteiger partial charge in [-0.3, -0.25) is 0 Å². The summed E-state index contributed by atoms with van der Waals surface area (Å²) < 4.78 is 0. The number of nitrogens with zero attached hydrogens (tertiary/aromatic N) is 1. The average Bonchev–Trinajstić information content (AvgIpc) is 3.03. The van der Waals surface area contributed by atoms with Crippen LogP contribution in [0.4, 0.5) is 0 Å². The largest absolute Gasteiger partial charge is 0.306 e. The minimum atomic E-state index is 0.616. The molecule has 4 rings (SSSR count). The lowest BCUT2D eigenvalue weighted by Crippen LogP contribution is -2.60. The van der Waals surface area contributed by atoms with Gasteiger partial charge in [0.1, 0.15) is 0 Å². The Kier molecular flexibility index (Phi) is 6.72. The fourth-order valence-corrected chi connectivity index (χ4v) is 9.83. The van der Waals surface area contributed by atoms with Crippen molar-refractivity contribution in [1.82, 2.24) is 4.90 Å². The van der Waals surface area contributed by atoms with Crippen LogP contribution in [0.5, 0.6) is 0 Å². The summed E-state index contributed by atoms with van der Waals surface area (Å²) in [5.74, 6) is 6.72. The first kappa shape index (κ1) is 23.1. The molecule has 0 aromatic heterocycles. The molecule has 0 aromatic carbocycles. The minimum Gasteiger partial charge on any atom is -0.306 e. The Morgan fingerprint density at radius 3 is 2.27 bits per heavy atom. The van der Waals surface area contributed by atoms with Crippen molar-refractivity contribution in [2.24, 2.45) is 52.3 Å². The Hall–Kier alpha value is -0.0400. The molecule has 1 nitrogen and oxygen atoms in total. The van der Waals surface area contributed by atoms with Crippen LogP contribution in [-0.4, -0.2) is 25.0 Å². The molecular weight excluding hydrogens is 362 g/mol. The Morgan fingerprint density at radius 1 is 0.833 bits per heavy atom. The summed E-state index contributed by atoms with van der Waals surface area (Å²) >= 11 is 0. The summed E-state index contributed by atoms with van der Waals surface area (Å²) in [6.45, 7) is 12.9. The molecule has 0 radical (unpaired) electrons. The van der Waals surface area contributed by atoms with Crippen LogP contribution in [0.3, 0.4) is 0 Å². The Balaban J connectivity index is 1.56. The maximum absolute atomic E-state index is 2.76. The molecule has 4 aliphatic rings. The highest BCUT2D eigenvalue weighted by atomic mass is 15.1. The Bertz CT molecular complexity index is 581. The molecule has 4 saturated carbocycles. The van der Waals surface area contributed by atoms with Crippen molar-refractivity contribution in [3.63, 3.8) is 0 Å². The number of fused-ring (bicyclic) bond motifs is 5. The van der Waals surface area contributed by atoms with E-state index in [4.69, 9.17) is 0 Å². The second-order valence-electron chi connectivity index (χ2n) is 13.5. The first-order valence-electron chi connectivity index (χ1n) is 13.8. The summed E-state index contributed by atoms with van der Waals surface area (Å²) in [5.41, 5.74) is 1.27. The first-order valence-corrected chi connectivity index (χ1v) is 13.8. The summed E-state index contributed by atoms with van der Waals surface area (Å²) in [6, 6.07) is 0.839. The molecule has 0 spiro atoms. The van der Waals surface area contributed by atoms with Gasteiger partial charge < -0.3 is 4.90 Å². The summed E-state index contributed by atoms with van der Waals surface area (Å²) in [4.78, 5) is 2.66. The number of hydrogen-bond donors (Lipinski definition) is 0. The molecule has 9 atom stereocenters. The van der Waals surface area contributed by atoms with E-state index in [1.165, 1.54) is 77.0 Å². The van der Waals surface area contributed by atoms with E-state index in [1.807, 2.05) is 0 Å². The third kappa shape index (κ3) is 3.82. The van der Waals surface area contributed by atoms with Gasteiger partial charge in [0, 0.05) is 6.04 Å². The molecule has 0 bridgehead atoms. The fraction of sp³-hybridized carbons (Fsp3) is 1.00. The summed E-state index contributed by atoms with van der Waals surface area (Å²) in [6.07, 6.45) is 18.0. The van der Waals surface area contributed by atoms with E-state index in [0.717, 1.165) is 47.5 Å². The minimum absolute atomic E-state index is 0.616. The highest BCUT2D eigenvalue weighted by molar-refractivity contribution is 5.12. The monoisotopic (exact) mass is 415 g/mol. The fourth-order valence-electron chi connectivity index (χ4n) is 9.83. The molecular formula is C29H53N. The van der Waals surface area contributed by atoms with Crippen molar-refractivity contribution < 1.29 is 0 Å². The van der Waals surface area contributed by atoms with E-state index >= 15 is 0 Å². The lowest BCUT2D eigenvalue weighted by molar-refractivity contribution is -0.144. The van der Waals surface area contributed by atoms with Crippen LogP contribution in [0.15, 0.2) is 0 Å². The van der Waals surface area contributed by atoms with Gasteiger partial charge in [-0.25, -0.2) is 0 Å². The topological polar surface area (TPSA) is 3.24 Å². The van der Waals surface area contributed by atoms with Gasteiger partial charge in [0.05, 0.1) is 0 Å². The van der Waals surface area contributed by atoms with Crippen molar-refractivity contribution in [2.75, 3.05) is 14.1 Å². The zero-order valence-electron chi connectivity index (χ0n) is 21.6. The predicted molar refractivity (Wildman–Crippen MR) is 131 cm³/mol. The lowest BCUT2D eigenvalue weighted by atomic mass is 9.43. The molecule has 0 amide bonds. The van der Waals surface area contributed by atoms with Gasteiger partial charge in [0.15, 0.2) is 0 Å². The molecule has 2 unspecified atom stereocenters. The van der Waals surface area contributed by atoms with E-state index in [2.05, 4.69) is 53.6 Å². The highest BCUT2D eigenvalue weighted by Crippen LogP contribution is 2.68. The smallest absolute Gasteiger partial charge is 0.0126 e. The Morgan fingerprint density at radius 2 is 1.57 bits per heavy atom. The zero-order valence-corrected chi connectivity index (χ0v) is 21.6. The van der Waals surface area contributed by atoms with Crippen molar-refractivity contribution in [3.05, 3.63) is 0 Å². The quantitative estimate of drug-likeness (QED) is 0.424. The van der Waals surface area contributed by atoms with E-state index < -0.39 is 0 Å². The van der Waals surface area contributed by atoms with Crippen LogP contribution in [0.1, 0.15) is 112 Å². The van der Waals surface area contributed by atoms with Crippen molar-refractivity contribution in [2.45, 2.75) is 118 Å². The standard InChI is InChI=1S/C29H53N/c1-20(2)11-10-12-21(3)23-14-15-24-27-25(16-18-29(23,24)5)28(4)17-9-8-13-22(28)19-26(27)30(6)7/h20-27H,8-19H2,1-7H3/t21-,22?,23-,24+,25+,26?,27+,28+,29-/m1/s1. The summed E-state index contributed by atoms with van der Waals surface area (Å²) in [7, 11) is 4.81. The first-order chi connectivity index (χ1) is 14.2. The molecule has 0 N–H and O–H groups in total. The van der Waals surface area contributed by atoms with Crippen molar-refractivity contribution >= 4 is 0 Å². The molecule has 4 aliphatic carbocycles. The number of rotatable bonds is 6. The number of hydrogen-bond acceptors (Lipinski definition) is 1. The third-order valence-corrected chi connectivity index (χ3v) is 11.5. The van der Waals surface area contributed by atoms with Gasteiger partial charge in [-0.2, -0.15) is 0 Å². The van der Waals surface area contributed by atoms with Gasteiger partial charge >= 0.3 is 0 Å². The summed E-state index contributed by atoms with van der Waals surface area (Å²) in [5, 5.41) is 0.